The summed E-state index contributed by atoms with van der Waals surface area (Å²) in [5.41, 5.74) is 2.74. The molecule has 212 valence electrons. The molecule has 40 heavy (non-hydrogen) atoms. The largest absolute Gasteiger partial charge is 0.466 e. The molecule has 2 aliphatic rings. The zero-order chi connectivity index (χ0) is 28.8. The molecule has 9 heteroatoms. The lowest BCUT2D eigenvalue weighted by atomic mass is 9.83. The maximum atomic E-state index is 13.5. The van der Waals surface area contributed by atoms with Crippen molar-refractivity contribution in [1.29, 1.82) is 0 Å². The van der Waals surface area contributed by atoms with Crippen molar-refractivity contribution >= 4 is 23.8 Å². The first kappa shape index (κ1) is 29.0. The number of ether oxygens (including phenoxy) is 2. The fourth-order valence-corrected chi connectivity index (χ4v) is 5.40. The number of hydrogen-bond donors (Lipinski definition) is 0. The summed E-state index contributed by atoms with van der Waals surface area (Å²) >= 11 is 0. The highest BCUT2D eigenvalue weighted by Gasteiger charge is 2.37. The second kappa shape index (κ2) is 12.9. The van der Waals surface area contributed by atoms with Crippen LogP contribution in [-0.2, 0) is 30.4 Å². The molecule has 1 saturated heterocycles. The Morgan fingerprint density at radius 1 is 0.975 bits per heavy atom. The van der Waals surface area contributed by atoms with Gasteiger partial charge in [-0.1, -0.05) is 24.3 Å². The number of nitrogens with zero attached hydrogens (tertiary/aromatic N) is 2. The third-order valence-electron chi connectivity index (χ3n) is 7.51. The Balaban J connectivity index is 1.53. The normalized spacial score (nSPS) is 18.1. The molecule has 0 radical (unpaired) electrons. The maximum absolute atomic E-state index is 13.5. The van der Waals surface area contributed by atoms with Gasteiger partial charge in [-0.2, -0.15) is 0 Å². The fourth-order valence-electron chi connectivity index (χ4n) is 5.40. The summed E-state index contributed by atoms with van der Waals surface area (Å²) in [5.74, 6) is -2.18. The van der Waals surface area contributed by atoms with Crippen molar-refractivity contribution in [3.63, 3.8) is 0 Å². The lowest BCUT2D eigenvalue weighted by Crippen LogP contribution is -2.40. The van der Waals surface area contributed by atoms with E-state index in [4.69, 9.17) is 9.47 Å². The summed E-state index contributed by atoms with van der Waals surface area (Å²) in [4.78, 5) is 54.9. The Kier molecular flexibility index (Phi) is 9.34. The molecule has 0 bridgehead atoms. The standard InChI is InChI=1S/C31H35FN2O6/c1-4-39-30(37)23-13-15-33(16-14-23)29(36)24-8-6-7-21(17-24)19-34-20(3)28(31(38)40-5-2)26(18-27(34)35)22-9-11-25(32)12-10-22/h6-12,17,23,26H,4-5,13-16,18-19H2,1-3H3. The van der Waals surface area contributed by atoms with Gasteiger partial charge >= 0.3 is 11.9 Å². The van der Waals surface area contributed by atoms with E-state index in [2.05, 4.69) is 0 Å². The van der Waals surface area contributed by atoms with Crippen molar-refractivity contribution in [1.82, 2.24) is 9.80 Å². The molecule has 1 fully saturated rings. The van der Waals surface area contributed by atoms with Gasteiger partial charge in [-0.25, -0.2) is 9.18 Å². The average Bonchev–Trinajstić information content (AvgIpc) is 2.95. The summed E-state index contributed by atoms with van der Waals surface area (Å²) in [6, 6.07) is 12.9. The topological polar surface area (TPSA) is 93.2 Å². The van der Waals surface area contributed by atoms with Crippen molar-refractivity contribution in [3.05, 3.63) is 82.3 Å². The monoisotopic (exact) mass is 550 g/mol. The van der Waals surface area contributed by atoms with Crippen LogP contribution in [0.2, 0.25) is 0 Å². The van der Waals surface area contributed by atoms with E-state index < -0.39 is 17.7 Å². The lowest BCUT2D eigenvalue weighted by molar-refractivity contribution is -0.149. The van der Waals surface area contributed by atoms with E-state index in [1.807, 2.05) is 6.07 Å². The molecule has 4 rings (SSSR count). The molecule has 2 amide bonds. The van der Waals surface area contributed by atoms with Gasteiger partial charge in [0.25, 0.3) is 5.91 Å². The van der Waals surface area contributed by atoms with Crippen molar-refractivity contribution in [3.8, 4) is 0 Å². The van der Waals surface area contributed by atoms with Gasteiger partial charge in [-0.05, 0) is 69.0 Å². The summed E-state index contributed by atoms with van der Waals surface area (Å²) < 4.78 is 24.0. The second-order valence-corrected chi connectivity index (χ2v) is 10.0. The number of carbonyl (C=O) groups is 4. The van der Waals surface area contributed by atoms with E-state index in [-0.39, 0.29) is 43.3 Å². The zero-order valence-electron chi connectivity index (χ0n) is 23.2. The lowest BCUT2D eigenvalue weighted by Gasteiger charge is -2.34. The van der Waals surface area contributed by atoms with Crippen LogP contribution < -0.4 is 0 Å². The Morgan fingerprint density at radius 2 is 1.65 bits per heavy atom. The number of benzene rings is 2. The van der Waals surface area contributed by atoms with Gasteiger partial charge < -0.3 is 19.3 Å². The first-order valence-electron chi connectivity index (χ1n) is 13.7. The molecule has 2 aromatic carbocycles. The minimum atomic E-state index is -0.547. The van der Waals surface area contributed by atoms with Crippen LogP contribution in [0, 0.1) is 11.7 Å². The summed E-state index contributed by atoms with van der Waals surface area (Å²) in [7, 11) is 0. The molecule has 0 aliphatic carbocycles. The minimum absolute atomic E-state index is 0.0329. The van der Waals surface area contributed by atoms with Gasteiger partial charge in [0.1, 0.15) is 5.82 Å². The molecule has 8 nitrogen and oxygen atoms in total. The van der Waals surface area contributed by atoms with E-state index in [0.29, 0.717) is 54.9 Å². The highest BCUT2D eigenvalue weighted by molar-refractivity contribution is 5.96. The first-order valence-corrected chi connectivity index (χ1v) is 13.7. The van der Waals surface area contributed by atoms with Crippen LogP contribution >= 0.6 is 0 Å². The number of carbonyl (C=O) groups excluding carboxylic acids is 4. The van der Waals surface area contributed by atoms with Crippen molar-refractivity contribution in [2.75, 3.05) is 26.3 Å². The predicted octanol–water partition coefficient (Wildman–Crippen LogP) is 4.59. The van der Waals surface area contributed by atoms with Gasteiger partial charge in [-0.15, -0.1) is 0 Å². The molecule has 2 heterocycles. The van der Waals surface area contributed by atoms with E-state index in [1.165, 1.54) is 12.1 Å². The summed E-state index contributed by atoms with van der Waals surface area (Å²) in [6.45, 7) is 6.83. The molecule has 0 saturated carbocycles. The van der Waals surface area contributed by atoms with Gasteiger partial charge in [0.2, 0.25) is 5.91 Å². The number of piperidine rings is 1. The van der Waals surface area contributed by atoms with Gasteiger partial charge in [0, 0.05) is 36.7 Å². The minimum Gasteiger partial charge on any atom is -0.466 e. The smallest absolute Gasteiger partial charge is 0.336 e. The summed E-state index contributed by atoms with van der Waals surface area (Å²) in [6.07, 6.45) is 1.15. The van der Waals surface area contributed by atoms with E-state index in [0.717, 1.165) is 5.56 Å². The number of likely N-dealkylation sites (tertiary alicyclic amines) is 1. The first-order chi connectivity index (χ1) is 19.2. The zero-order valence-corrected chi connectivity index (χ0v) is 23.2. The molecule has 1 atom stereocenters. The Hall–Kier alpha value is -4.01. The number of hydrogen-bond acceptors (Lipinski definition) is 6. The Morgan fingerprint density at radius 3 is 2.30 bits per heavy atom. The Labute approximate surface area is 233 Å². The predicted molar refractivity (Wildman–Crippen MR) is 145 cm³/mol. The molecule has 2 aliphatic heterocycles. The van der Waals surface area contributed by atoms with E-state index in [1.54, 1.807) is 60.9 Å². The SMILES string of the molecule is CCOC(=O)C1=C(C)N(Cc2cccc(C(=O)N3CCC(C(=O)OCC)CC3)c2)C(=O)CC1c1ccc(F)cc1. The molecule has 0 N–H and O–H groups in total. The maximum Gasteiger partial charge on any atom is 0.336 e. The molecular weight excluding hydrogens is 515 g/mol. The van der Waals surface area contributed by atoms with Crippen molar-refractivity contribution in [2.24, 2.45) is 5.92 Å². The van der Waals surface area contributed by atoms with E-state index >= 15 is 0 Å². The van der Waals surface area contributed by atoms with Crippen LogP contribution in [0.5, 0.6) is 0 Å². The third-order valence-corrected chi connectivity index (χ3v) is 7.51. The molecular formula is C31H35FN2O6. The number of allylic oxidation sites excluding steroid dienone is 1. The molecule has 0 spiro atoms. The fraction of sp³-hybridized carbons (Fsp3) is 0.419. The van der Waals surface area contributed by atoms with Crippen LogP contribution in [0.1, 0.15) is 67.4 Å². The summed E-state index contributed by atoms with van der Waals surface area (Å²) in [5, 5.41) is 0. The molecule has 1 unspecified atom stereocenters. The number of amides is 2. The van der Waals surface area contributed by atoms with Crippen LogP contribution in [0.15, 0.2) is 59.8 Å². The van der Waals surface area contributed by atoms with E-state index in [9.17, 15) is 23.6 Å². The van der Waals surface area contributed by atoms with Gasteiger partial charge in [-0.3, -0.25) is 14.4 Å². The van der Waals surface area contributed by atoms with Crippen molar-refractivity contribution in [2.45, 2.75) is 52.5 Å². The van der Waals surface area contributed by atoms with Crippen molar-refractivity contribution < 1.29 is 33.0 Å². The highest BCUT2D eigenvalue weighted by atomic mass is 19.1. The highest BCUT2D eigenvalue weighted by Crippen LogP contribution is 2.38. The van der Waals surface area contributed by atoms with Crippen LogP contribution in [-0.4, -0.2) is 59.9 Å². The number of esters is 2. The van der Waals surface area contributed by atoms with Crippen LogP contribution in [0.3, 0.4) is 0 Å². The molecule has 2 aromatic rings. The van der Waals surface area contributed by atoms with Crippen LogP contribution in [0.25, 0.3) is 0 Å². The average molecular weight is 551 g/mol. The van der Waals surface area contributed by atoms with Crippen LogP contribution in [0.4, 0.5) is 4.39 Å². The van der Waals surface area contributed by atoms with Gasteiger partial charge in [0.05, 0.1) is 31.2 Å². The quantitative estimate of drug-likeness (QED) is 0.447. The second-order valence-electron chi connectivity index (χ2n) is 10.0. The van der Waals surface area contributed by atoms with Gasteiger partial charge in [0.15, 0.2) is 0 Å². The molecule has 0 aromatic heterocycles. The Bertz CT molecular complexity index is 1300. The number of halogens is 1. The number of rotatable bonds is 8. The third kappa shape index (κ3) is 6.41.